The van der Waals surface area contributed by atoms with Crippen LogP contribution in [0.3, 0.4) is 0 Å². The van der Waals surface area contributed by atoms with Crippen LogP contribution in [0.2, 0.25) is 5.02 Å². The van der Waals surface area contributed by atoms with Gasteiger partial charge in [0.2, 0.25) is 0 Å². The minimum atomic E-state index is -0.582. The number of carbonyl (C=O) groups excluding carboxylic acids is 2. The topological polar surface area (TPSA) is 86.2 Å². The fourth-order valence-electron chi connectivity index (χ4n) is 3.44. The second kappa shape index (κ2) is 10.7. The lowest BCUT2D eigenvalue weighted by atomic mass is 10.0. The maximum atomic E-state index is 12.9. The predicted molar refractivity (Wildman–Crippen MR) is 135 cm³/mol. The molecule has 4 rings (SSSR count). The Morgan fingerprint density at radius 3 is 2.26 bits per heavy atom. The van der Waals surface area contributed by atoms with Crippen LogP contribution in [0.1, 0.15) is 26.3 Å². The number of hydrogen-bond acceptors (Lipinski definition) is 6. The Hall–Kier alpha value is -4.36. The van der Waals surface area contributed by atoms with E-state index in [1.807, 2.05) is 30.3 Å². The first-order chi connectivity index (χ1) is 17.0. The van der Waals surface area contributed by atoms with Crippen LogP contribution in [-0.4, -0.2) is 32.3 Å². The molecule has 8 heteroatoms. The Kier molecular flexibility index (Phi) is 7.28. The van der Waals surface area contributed by atoms with Gasteiger partial charge in [-0.2, -0.15) is 5.10 Å². The Bertz CT molecular complexity index is 1420. The quantitative estimate of drug-likeness (QED) is 0.161. The van der Waals surface area contributed by atoms with Crippen LogP contribution in [0.15, 0.2) is 84.0 Å². The normalized spacial score (nSPS) is 10.8. The number of amides is 1. The standard InChI is InChI=1S/C27H21ClN2O5/c1-33-24-14-10-19(15-25(24)34-2)27(32)35-23-13-9-17-5-3-4-6-21(17)22(23)16-29-30-26(31)18-7-11-20(28)12-8-18/h3-16H,1-2H3,(H,30,31)/b29-16-. The lowest BCUT2D eigenvalue weighted by Gasteiger charge is -2.12. The number of benzene rings is 4. The van der Waals surface area contributed by atoms with Gasteiger partial charge in [-0.3, -0.25) is 4.79 Å². The maximum Gasteiger partial charge on any atom is 0.343 e. The molecule has 0 heterocycles. The minimum absolute atomic E-state index is 0.285. The molecule has 0 atom stereocenters. The second-order valence-corrected chi connectivity index (χ2v) is 7.80. The molecule has 0 unspecified atom stereocenters. The number of hydrazone groups is 1. The van der Waals surface area contributed by atoms with Crippen molar-refractivity contribution < 1.29 is 23.8 Å². The summed E-state index contributed by atoms with van der Waals surface area (Å²) in [6.07, 6.45) is 1.45. The Labute approximate surface area is 206 Å². The summed E-state index contributed by atoms with van der Waals surface area (Å²) in [4.78, 5) is 25.3. The molecule has 0 aliphatic rings. The third kappa shape index (κ3) is 5.42. The van der Waals surface area contributed by atoms with E-state index in [-0.39, 0.29) is 11.3 Å². The Morgan fingerprint density at radius 2 is 1.51 bits per heavy atom. The van der Waals surface area contributed by atoms with Crippen molar-refractivity contribution in [1.82, 2.24) is 5.43 Å². The number of carbonyl (C=O) groups is 2. The van der Waals surface area contributed by atoms with Gasteiger partial charge >= 0.3 is 5.97 Å². The highest BCUT2D eigenvalue weighted by Gasteiger charge is 2.16. The van der Waals surface area contributed by atoms with E-state index in [1.165, 1.54) is 20.4 Å². The average molecular weight is 489 g/mol. The Balaban J connectivity index is 1.62. The number of fused-ring (bicyclic) bond motifs is 1. The largest absolute Gasteiger partial charge is 0.493 e. The summed E-state index contributed by atoms with van der Waals surface area (Å²) in [7, 11) is 3.01. The highest BCUT2D eigenvalue weighted by Crippen LogP contribution is 2.30. The molecule has 4 aromatic carbocycles. The summed E-state index contributed by atoms with van der Waals surface area (Å²) < 4.78 is 16.2. The average Bonchev–Trinajstić information content (AvgIpc) is 2.89. The smallest absolute Gasteiger partial charge is 0.343 e. The molecule has 4 aromatic rings. The number of nitrogens with one attached hydrogen (secondary N) is 1. The number of rotatable bonds is 7. The second-order valence-electron chi connectivity index (χ2n) is 7.36. The van der Waals surface area contributed by atoms with E-state index in [0.29, 0.717) is 27.6 Å². The lowest BCUT2D eigenvalue weighted by Crippen LogP contribution is -2.17. The van der Waals surface area contributed by atoms with Crippen LogP contribution in [0.25, 0.3) is 10.8 Å². The molecule has 0 bridgehead atoms. The fraction of sp³-hybridized carbons (Fsp3) is 0.0741. The summed E-state index contributed by atoms with van der Waals surface area (Å²) >= 11 is 5.88. The first-order valence-electron chi connectivity index (χ1n) is 10.5. The van der Waals surface area contributed by atoms with E-state index in [9.17, 15) is 9.59 Å². The first kappa shape index (κ1) is 23.8. The van der Waals surface area contributed by atoms with Crippen molar-refractivity contribution in [1.29, 1.82) is 0 Å². The van der Waals surface area contributed by atoms with Crippen molar-refractivity contribution in [3.63, 3.8) is 0 Å². The van der Waals surface area contributed by atoms with Gasteiger partial charge in [0.1, 0.15) is 5.75 Å². The van der Waals surface area contributed by atoms with Gasteiger partial charge in [-0.1, -0.05) is 41.9 Å². The van der Waals surface area contributed by atoms with Crippen molar-refractivity contribution in [3.8, 4) is 17.2 Å². The molecule has 1 N–H and O–H groups in total. The summed E-state index contributed by atoms with van der Waals surface area (Å²) in [5.41, 5.74) is 3.72. The number of ether oxygens (including phenoxy) is 3. The zero-order chi connectivity index (χ0) is 24.8. The van der Waals surface area contributed by atoms with E-state index < -0.39 is 11.9 Å². The van der Waals surface area contributed by atoms with Crippen molar-refractivity contribution in [2.24, 2.45) is 5.10 Å². The molecule has 1 amide bonds. The van der Waals surface area contributed by atoms with E-state index in [0.717, 1.165) is 10.8 Å². The fourth-order valence-corrected chi connectivity index (χ4v) is 3.57. The zero-order valence-corrected chi connectivity index (χ0v) is 19.7. The lowest BCUT2D eigenvalue weighted by molar-refractivity contribution is 0.0734. The van der Waals surface area contributed by atoms with Gasteiger partial charge in [-0.15, -0.1) is 0 Å². The number of halogens is 1. The molecule has 0 saturated heterocycles. The summed E-state index contributed by atoms with van der Waals surface area (Å²) in [6, 6.07) is 22.3. The van der Waals surface area contributed by atoms with E-state index in [4.69, 9.17) is 25.8 Å². The maximum absolute atomic E-state index is 12.9. The molecular weight excluding hydrogens is 468 g/mol. The van der Waals surface area contributed by atoms with Crippen molar-refractivity contribution in [2.45, 2.75) is 0 Å². The van der Waals surface area contributed by atoms with Gasteiger partial charge in [0, 0.05) is 16.1 Å². The van der Waals surface area contributed by atoms with Gasteiger partial charge in [-0.25, -0.2) is 10.2 Å². The van der Waals surface area contributed by atoms with Crippen LogP contribution >= 0.6 is 11.6 Å². The van der Waals surface area contributed by atoms with Crippen LogP contribution in [0.4, 0.5) is 0 Å². The molecule has 0 spiro atoms. The predicted octanol–water partition coefficient (Wildman–Crippen LogP) is 5.49. The first-order valence-corrected chi connectivity index (χ1v) is 10.9. The van der Waals surface area contributed by atoms with Crippen LogP contribution < -0.4 is 19.6 Å². The molecule has 0 fully saturated rings. The van der Waals surface area contributed by atoms with Gasteiger partial charge in [0.25, 0.3) is 5.91 Å². The number of methoxy groups -OCH3 is 2. The summed E-state index contributed by atoms with van der Waals surface area (Å²) in [5.74, 6) is 0.210. The van der Waals surface area contributed by atoms with E-state index in [1.54, 1.807) is 48.5 Å². The van der Waals surface area contributed by atoms with E-state index >= 15 is 0 Å². The van der Waals surface area contributed by atoms with Gasteiger partial charge in [-0.05, 0) is 59.3 Å². The molecule has 0 aliphatic heterocycles. The minimum Gasteiger partial charge on any atom is -0.493 e. The SMILES string of the molecule is COc1ccc(C(=O)Oc2ccc3ccccc3c2/C=N\NC(=O)c2ccc(Cl)cc2)cc1OC. The van der Waals surface area contributed by atoms with E-state index in [2.05, 4.69) is 10.5 Å². The highest BCUT2D eigenvalue weighted by molar-refractivity contribution is 6.30. The molecule has 35 heavy (non-hydrogen) atoms. The van der Waals surface area contributed by atoms with Crippen LogP contribution in [-0.2, 0) is 0 Å². The Morgan fingerprint density at radius 1 is 0.829 bits per heavy atom. The molecule has 0 aliphatic carbocycles. The monoisotopic (exact) mass is 488 g/mol. The van der Waals surface area contributed by atoms with Crippen molar-refractivity contribution in [3.05, 3.63) is 101 Å². The van der Waals surface area contributed by atoms with Crippen molar-refractivity contribution >= 4 is 40.5 Å². The number of hydrogen-bond donors (Lipinski definition) is 1. The molecule has 7 nitrogen and oxygen atoms in total. The molecule has 176 valence electrons. The third-order valence-corrected chi connectivity index (χ3v) is 5.47. The molecular formula is C27H21ClN2O5. The summed E-state index contributed by atoms with van der Waals surface area (Å²) in [5, 5.41) is 6.35. The molecule has 0 saturated carbocycles. The third-order valence-electron chi connectivity index (χ3n) is 5.22. The number of esters is 1. The van der Waals surface area contributed by atoms with Gasteiger partial charge < -0.3 is 14.2 Å². The van der Waals surface area contributed by atoms with Gasteiger partial charge in [0.05, 0.1) is 26.0 Å². The van der Waals surface area contributed by atoms with Gasteiger partial charge in [0.15, 0.2) is 11.5 Å². The molecule has 0 radical (unpaired) electrons. The van der Waals surface area contributed by atoms with Crippen molar-refractivity contribution in [2.75, 3.05) is 14.2 Å². The summed E-state index contributed by atoms with van der Waals surface area (Å²) in [6.45, 7) is 0. The van der Waals surface area contributed by atoms with Crippen LogP contribution in [0.5, 0.6) is 17.2 Å². The highest BCUT2D eigenvalue weighted by atomic mass is 35.5. The van der Waals surface area contributed by atoms with Crippen LogP contribution in [0, 0.1) is 0 Å². The molecule has 0 aromatic heterocycles. The number of nitrogens with zero attached hydrogens (tertiary/aromatic N) is 1. The zero-order valence-electron chi connectivity index (χ0n) is 18.9.